The molecule has 0 amide bonds. The van der Waals surface area contributed by atoms with Crippen molar-refractivity contribution < 1.29 is 9.90 Å². The van der Waals surface area contributed by atoms with Gasteiger partial charge >= 0.3 is 5.97 Å². The van der Waals surface area contributed by atoms with Crippen LogP contribution in [0, 0.1) is 0 Å². The average Bonchev–Trinajstić information content (AvgIpc) is 3.15. The van der Waals surface area contributed by atoms with E-state index in [4.69, 9.17) is 10.8 Å². The maximum Gasteiger partial charge on any atom is 0.325 e. The van der Waals surface area contributed by atoms with E-state index in [0.29, 0.717) is 22.2 Å². The maximum atomic E-state index is 10.9. The van der Waals surface area contributed by atoms with Crippen molar-refractivity contribution in [2.45, 2.75) is 6.54 Å². The average molecular weight is 308 g/mol. The van der Waals surface area contributed by atoms with Crippen LogP contribution in [0.25, 0.3) is 33.1 Å². The second-order valence-electron chi connectivity index (χ2n) is 5.18. The van der Waals surface area contributed by atoms with Gasteiger partial charge in [0, 0.05) is 23.3 Å². The van der Waals surface area contributed by atoms with E-state index in [0.717, 1.165) is 16.6 Å². The molecule has 4 N–H and O–H groups in total. The minimum Gasteiger partial charge on any atom is -0.480 e. The van der Waals surface area contributed by atoms with E-state index in [1.165, 1.54) is 4.68 Å². The van der Waals surface area contributed by atoms with Crippen LogP contribution in [0.2, 0.25) is 0 Å². The van der Waals surface area contributed by atoms with Crippen molar-refractivity contribution in [3.8, 4) is 11.3 Å². The van der Waals surface area contributed by atoms with E-state index in [2.05, 4.69) is 20.3 Å². The quantitative estimate of drug-likeness (QED) is 0.528. The Morgan fingerprint density at radius 3 is 2.91 bits per heavy atom. The highest BCUT2D eigenvalue weighted by Gasteiger charge is 2.13. The Balaban J connectivity index is 1.94. The van der Waals surface area contributed by atoms with Gasteiger partial charge in [-0.1, -0.05) is 6.07 Å². The summed E-state index contributed by atoms with van der Waals surface area (Å²) in [5.74, 6) is -0.638. The summed E-state index contributed by atoms with van der Waals surface area (Å²) in [5.41, 5.74) is 9.16. The fraction of sp³-hybridized carbons (Fsp3) is 0.0667. The van der Waals surface area contributed by atoms with Crippen molar-refractivity contribution >= 4 is 33.6 Å². The van der Waals surface area contributed by atoms with Crippen LogP contribution in [-0.2, 0) is 11.3 Å². The first-order valence-electron chi connectivity index (χ1n) is 6.90. The number of aliphatic carboxylic acids is 1. The van der Waals surface area contributed by atoms with Gasteiger partial charge in [0.2, 0.25) is 0 Å². The molecule has 3 aromatic heterocycles. The molecule has 0 saturated carbocycles. The van der Waals surface area contributed by atoms with Gasteiger partial charge in [0.25, 0.3) is 0 Å². The van der Waals surface area contributed by atoms with Crippen molar-refractivity contribution in [3.63, 3.8) is 0 Å². The van der Waals surface area contributed by atoms with Gasteiger partial charge in [0.1, 0.15) is 17.9 Å². The van der Waals surface area contributed by atoms with E-state index in [-0.39, 0.29) is 6.54 Å². The lowest BCUT2D eigenvalue weighted by atomic mass is 10.1. The Kier molecular flexibility index (Phi) is 2.77. The molecule has 0 aliphatic heterocycles. The highest BCUT2D eigenvalue weighted by Crippen LogP contribution is 2.29. The number of H-pyrrole nitrogens is 1. The molecule has 4 rings (SSSR count). The summed E-state index contributed by atoms with van der Waals surface area (Å²) in [7, 11) is 0. The zero-order valence-electron chi connectivity index (χ0n) is 11.9. The van der Waals surface area contributed by atoms with Crippen LogP contribution < -0.4 is 5.73 Å². The van der Waals surface area contributed by atoms with E-state index >= 15 is 0 Å². The first-order chi connectivity index (χ1) is 11.1. The Hall–Kier alpha value is -3.42. The van der Waals surface area contributed by atoms with Gasteiger partial charge in [0.15, 0.2) is 0 Å². The number of nitrogens with one attached hydrogen (secondary N) is 1. The number of aromatic nitrogens is 5. The van der Waals surface area contributed by atoms with Crippen molar-refractivity contribution in [2.75, 3.05) is 5.73 Å². The fourth-order valence-electron chi connectivity index (χ4n) is 2.63. The van der Waals surface area contributed by atoms with Gasteiger partial charge in [-0.25, -0.2) is 4.98 Å². The SMILES string of the molecule is Nc1nc2cc(-c3ccn[nH]3)ccc2c2nn(CC(=O)O)cc12. The summed E-state index contributed by atoms with van der Waals surface area (Å²) in [6.07, 6.45) is 3.28. The molecule has 0 spiro atoms. The number of carboxylic acid groups (broad SMARTS) is 1. The molecular formula is C15H12N6O2. The number of nitrogens with two attached hydrogens (primary N) is 1. The molecule has 3 heterocycles. The molecule has 114 valence electrons. The summed E-state index contributed by atoms with van der Waals surface area (Å²) in [5, 5.41) is 21.5. The number of anilines is 1. The third-order valence-corrected chi connectivity index (χ3v) is 3.64. The van der Waals surface area contributed by atoms with Crippen LogP contribution in [0.1, 0.15) is 0 Å². The second kappa shape index (κ2) is 4.80. The van der Waals surface area contributed by atoms with Crippen molar-refractivity contribution in [3.05, 3.63) is 36.7 Å². The topological polar surface area (TPSA) is 123 Å². The number of nitrogens with zero attached hydrogens (tertiary/aromatic N) is 4. The Morgan fingerprint density at radius 1 is 1.30 bits per heavy atom. The van der Waals surface area contributed by atoms with Crippen molar-refractivity contribution in [1.82, 2.24) is 25.0 Å². The third kappa shape index (κ3) is 2.16. The maximum absolute atomic E-state index is 10.9. The second-order valence-corrected chi connectivity index (χ2v) is 5.18. The highest BCUT2D eigenvalue weighted by molar-refractivity contribution is 6.08. The number of hydrogen-bond donors (Lipinski definition) is 3. The van der Waals surface area contributed by atoms with Gasteiger partial charge < -0.3 is 10.8 Å². The minimum atomic E-state index is -0.963. The molecule has 0 atom stereocenters. The van der Waals surface area contributed by atoms with Crippen LogP contribution in [-0.4, -0.2) is 36.0 Å². The number of hydrogen-bond acceptors (Lipinski definition) is 5. The zero-order valence-corrected chi connectivity index (χ0v) is 11.9. The fourth-order valence-corrected chi connectivity index (χ4v) is 2.63. The normalized spacial score (nSPS) is 11.3. The number of fused-ring (bicyclic) bond motifs is 3. The van der Waals surface area contributed by atoms with E-state index in [9.17, 15) is 4.79 Å². The van der Waals surface area contributed by atoms with Gasteiger partial charge in [-0.3, -0.25) is 14.6 Å². The minimum absolute atomic E-state index is 0.220. The molecule has 23 heavy (non-hydrogen) atoms. The van der Waals surface area contributed by atoms with Crippen LogP contribution in [0.3, 0.4) is 0 Å². The predicted octanol–water partition coefficient (Wildman–Crippen LogP) is 1.64. The molecule has 0 bridgehead atoms. The molecular weight excluding hydrogens is 296 g/mol. The van der Waals surface area contributed by atoms with Gasteiger partial charge in [0.05, 0.1) is 16.6 Å². The van der Waals surface area contributed by atoms with Crippen LogP contribution in [0.4, 0.5) is 5.82 Å². The molecule has 0 fully saturated rings. The van der Waals surface area contributed by atoms with Gasteiger partial charge in [-0.2, -0.15) is 10.2 Å². The van der Waals surface area contributed by atoms with Crippen molar-refractivity contribution in [1.29, 1.82) is 0 Å². The standard InChI is InChI=1S/C15H12N6O2/c16-15-10-6-21(7-13(22)23)20-14(10)9-2-1-8(5-12(9)18-15)11-3-4-17-19-11/h1-6H,7H2,(H2,16,18)(H,17,19)(H,22,23). The number of aromatic amines is 1. The van der Waals surface area contributed by atoms with Gasteiger partial charge in [-0.15, -0.1) is 0 Å². The Morgan fingerprint density at radius 2 is 2.17 bits per heavy atom. The molecule has 1 aromatic carbocycles. The Bertz CT molecular complexity index is 1040. The lowest BCUT2D eigenvalue weighted by Gasteiger charge is -2.03. The summed E-state index contributed by atoms with van der Waals surface area (Å²) >= 11 is 0. The van der Waals surface area contributed by atoms with Crippen LogP contribution in [0.15, 0.2) is 36.7 Å². The molecule has 8 nitrogen and oxygen atoms in total. The summed E-state index contributed by atoms with van der Waals surface area (Å²) in [4.78, 5) is 15.3. The zero-order chi connectivity index (χ0) is 16.0. The largest absolute Gasteiger partial charge is 0.480 e. The summed E-state index contributed by atoms with van der Waals surface area (Å²) < 4.78 is 1.35. The van der Waals surface area contributed by atoms with Crippen LogP contribution in [0.5, 0.6) is 0 Å². The molecule has 0 unspecified atom stereocenters. The lowest BCUT2D eigenvalue weighted by molar-refractivity contribution is -0.137. The summed E-state index contributed by atoms with van der Waals surface area (Å²) in [6, 6.07) is 7.60. The van der Waals surface area contributed by atoms with Gasteiger partial charge in [-0.05, 0) is 18.2 Å². The molecule has 0 saturated heterocycles. The summed E-state index contributed by atoms with van der Waals surface area (Å²) in [6.45, 7) is -0.220. The number of benzene rings is 1. The molecule has 0 aliphatic carbocycles. The van der Waals surface area contributed by atoms with E-state index in [1.807, 2.05) is 24.3 Å². The Labute approximate surface area is 129 Å². The number of rotatable bonds is 3. The number of carboxylic acids is 1. The molecule has 8 heteroatoms. The van der Waals surface area contributed by atoms with Crippen LogP contribution >= 0.6 is 0 Å². The third-order valence-electron chi connectivity index (χ3n) is 3.64. The predicted molar refractivity (Wildman–Crippen MR) is 84.7 cm³/mol. The highest BCUT2D eigenvalue weighted by atomic mass is 16.4. The monoisotopic (exact) mass is 308 g/mol. The molecule has 0 aliphatic rings. The van der Waals surface area contributed by atoms with E-state index in [1.54, 1.807) is 12.4 Å². The molecule has 0 radical (unpaired) electrons. The first-order valence-corrected chi connectivity index (χ1v) is 6.90. The smallest absolute Gasteiger partial charge is 0.325 e. The molecule has 4 aromatic rings. The van der Waals surface area contributed by atoms with E-state index < -0.39 is 5.97 Å². The number of pyridine rings is 1. The first kappa shape index (κ1) is 13.3. The lowest BCUT2D eigenvalue weighted by Crippen LogP contribution is -2.08. The van der Waals surface area contributed by atoms with Crippen molar-refractivity contribution in [2.24, 2.45) is 0 Å². The number of carbonyl (C=O) groups is 1. The number of nitrogen functional groups attached to an aromatic ring is 1.